The molecule has 0 N–H and O–H groups in total. The quantitative estimate of drug-likeness (QED) is 0.161. The van der Waals surface area contributed by atoms with E-state index in [1.54, 1.807) is 0 Å². The first kappa shape index (κ1) is 27.4. The van der Waals surface area contributed by atoms with Gasteiger partial charge in [0.2, 0.25) is 0 Å². The topological polar surface area (TPSA) is 6.48 Å². The second-order valence-corrected chi connectivity index (χ2v) is 9.70. The Balaban J connectivity index is 2.09. The highest BCUT2D eigenvalue weighted by Crippen LogP contribution is 2.23. The van der Waals surface area contributed by atoms with E-state index in [0.717, 1.165) is 0 Å². The second-order valence-electron chi connectivity index (χ2n) is 9.70. The predicted octanol–water partition coefficient (Wildman–Crippen LogP) is 9.26. The van der Waals surface area contributed by atoms with E-state index in [1.807, 2.05) is 0 Å². The minimum atomic E-state index is 0.642. The van der Waals surface area contributed by atoms with Gasteiger partial charge in [-0.15, -0.1) is 0 Å². The first-order valence-electron chi connectivity index (χ1n) is 14.0. The Morgan fingerprint density at radius 1 is 0.433 bits per heavy atom. The Morgan fingerprint density at radius 3 is 1.30 bits per heavy atom. The maximum absolute atomic E-state index is 2.65. The average Bonchev–Trinajstić information content (AvgIpc) is 3.13. The minimum Gasteiger partial charge on any atom is -0.356 e. The van der Waals surface area contributed by atoms with Crippen LogP contribution in [0.15, 0.2) is 12.4 Å². The summed E-state index contributed by atoms with van der Waals surface area (Å²) < 4.78 is 0. The van der Waals surface area contributed by atoms with Crippen LogP contribution in [0, 0.1) is 0 Å². The number of hydrogen-bond donors (Lipinski definition) is 0. The van der Waals surface area contributed by atoms with Crippen LogP contribution in [0.4, 0.5) is 0 Å². The van der Waals surface area contributed by atoms with Gasteiger partial charge in [-0.25, -0.2) is 0 Å². The van der Waals surface area contributed by atoms with Crippen LogP contribution in [-0.2, 0) is 0 Å². The van der Waals surface area contributed by atoms with Crippen LogP contribution in [0.3, 0.4) is 0 Å². The molecule has 1 rings (SSSR count). The van der Waals surface area contributed by atoms with Crippen molar-refractivity contribution in [3.63, 3.8) is 0 Å². The second kappa shape index (κ2) is 20.3. The van der Waals surface area contributed by atoms with Gasteiger partial charge >= 0.3 is 0 Å². The van der Waals surface area contributed by atoms with Crippen LogP contribution in [0.1, 0.15) is 149 Å². The third kappa shape index (κ3) is 13.6. The predicted molar refractivity (Wildman–Crippen MR) is 136 cm³/mol. The summed E-state index contributed by atoms with van der Waals surface area (Å²) in [7, 11) is 0. The lowest BCUT2D eigenvalue weighted by Crippen LogP contribution is -2.39. The van der Waals surface area contributed by atoms with Crippen LogP contribution in [0.2, 0.25) is 0 Å². The summed E-state index contributed by atoms with van der Waals surface area (Å²) >= 11 is 0. The molecule has 178 valence electrons. The van der Waals surface area contributed by atoms with Crippen molar-refractivity contribution in [3.05, 3.63) is 12.4 Å². The lowest BCUT2D eigenvalue weighted by Gasteiger charge is -2.33. The molecule has 0 aliphatic carbocycles. The van der Waals surface area contributed by atoms with Crippen molar-refractivity contribution in [2.75, 3.05) is 13.1 Å². The zero-order chi connectivity index (χ0) is 21.7. The van der Waals surface area contributed by atoms with Crippen molar-refractivity contribution in [2.24, 2.45) is 0 Å². The van der Waals surface area contributed by atoms with Crippen LogP contribution >= 0.6 is 0 Å². The molecule has 0 aromatic heterocycles. The van der Waals surface area contributed by atoms with Crippen LogP contribution in [0.25, 0.3) is 0 Å². The Kier molecular flexibility index (Phi) is 18.5. The van der Waals surface area contributed by atoms with E-state index in [9.17, 15) is 0 Å². The molecule has 1 aliphatic rings. The highest BCUT2D eigenvalue weighted by molar-refractivity contribution is 4.96. The van der Waals surface area contributed by atoms with Gasteiger partial charge in [-0.05, 0) is 25.7 Å². The average molecular weight is 421 g/mol. The standard InChI is InChI=1S/C28H56N2/c1-4-7-9-11-13-14-15-16-18-20-22-25-30-27-26-29(24-6-3)28(30)23-21-19-17-12-10-8-5-2/h26-28H,4-25H2,1-3H3. The van der Waals surface area contributed by atoms with E-state index in [2.05, 4.69) is 43.0 Å². The Hall–Kier alpha value is -0.660. The molecule has 0 bridgehead atoms. The van der Waals surface area contributed by atoms with Crippen LogP contribution in [0.5, 0.6) is 0 Å². The first-order valence-corrected chi connectivity index (χ1v) is 14.0. The van der Waals surface area contributed by atoms with Gasteiger partial charge < -0.3 is 9.80 Å². The summed E-state index contributed by atoms with van der Waals surface area (Å²) in [5.41, 5.74) is 0. The van der Waals surface area contributed by atoms with Gasteiger partial charge in [0.05, 0.1) is 0 Å². The van der Waals surface area contributed by atoms with Crippen LogP contribution < -0.4 is 0 Å². The normalized spacial score (nSPS) is 16.2. The maximum atomic E-state index is 2.65. The Morgan fingerprint density at radius 2 is 0.833 bits per heavy atom. The van der Waals surface area contributed by atoms with E-state index < -0.39 is 0 Å². The van der Waals surface area contributed by atoms with Crippen molar-refractivity contribution in [2.45, 2.75) is 155 Å². The molecular weight excluding hydrogens is 364 g/mol. The highest BCUT2D eigenvalue weighted by Gasteiger charge is 2.24. The van der Waals surface area contributed by atoms with E-state index in [4.69, 9.17) is 0 Å². The van der Waals surface area contributed by atoms with Crippen molar-refractivity contribution < 1.29 is 0 Å². The van der Waals surface area contributed by atoms with E-state index in [1.165, 1.54) is 142 Å². The maximum Gasteiger partial charge on any atom is 0.101 e. The van der Waals surface area contributed by atoms with Gasteiger partial charge in [0.1, 0.15) is 6.17 Å². The molecule has 0 amide bonds. The number of nitrogens with zero attached hydrogens (tertiary/aromatic N) is 2. The molecule has 1 unspecified atom stereocenters. The summed E-state index contributed by atoms with van der Waals surface area (Å²) in [4.78, 5) is 5.26. The third-order valence-corrected chi connectivity index (χ3v) is 6.78. The molecule has 30 heavy (non-hydrogen) atoms. The molecule has 0 aromatic carbocycles. The molecular formula is C28H56N2. The molecule has 0 spiro atoms. The van der Waals surface area contributed by atoms with Crippen molar-refractivity contribution in [1.82, 2.24) is 9.80 Å². The molecule has 2 nitrogen and oxygen atoms in total. The van der Waals surface area contributed by atoms with Gasteiger partial charge in [-0.2, -0.15) is 0 Å². The van der Waals surface area contributed by atoms with E-state index in [-0.39, 0.29) is 0 Å². The van der Waals surface area contributed by atoms with Crippen molar-refractivity contribution in [1.29, 1.82) is 0 Å². The summed E-state index contributed by atoms with van der Waals surface area (Å²) in [6.45, 7) is 9.39. The summed E-state index contributed by atoms with van der Waals surface area (Å²) in [5.74, 6) is 0. The molecule has 1 aliphatic heterocycles. The summed E-state index contributed by atoms with van der Waals surface area (Å²) in [5, 5.41) is 0. The molecule has 1 heterocycles. The zero-order valence-electron chi connectivity index (χ0n) is 21.2. The van der Waals surface area contributed by atoms with E-state index >= 15 is 0 Å². The summed E-state index contributed by atoms with van der Waals surface area (Å²) in [6.07, 6.45) is 33.7. The van der Waals surface area contributed by atoms with Gasteiger partial charge in [0.15, 0.2) is 0 Å². The van der Waals surface area contributed by atoms with Crippen LogP contribution in [-0.4, -0.2) is 29.1 Å². The molecule has 0 aromatic rings. The fraction of sp³-hybridized carbons (Fsp3) is 0.929. The van der Waals surface area contributed by atoms with Gasteiger partial charge in [0.25, 0.3) is 0 Å². The molecule has 0 fully saturated rings. The minimum absolute atomic E-state index is 0.642. The Bertz CT molecular complexity index is 379. The first-order chi connectivity index (χ1) is 14.8. The van der Waals surface area contributed by atoms with Gasteiger partial charge in [-0.1, -0.05) is 124 Å². The lowest BCUT2D eigenvalue weighted by atomic mass is 10.1. The number of unbranched alkanes of at least 4 members (excludes halogenated alkanes) is 16. The fourth-order valence-corrected chi connectivity index (χ4v) is 4.84. The van der Waals surface area contributed by atoms with E-state index in [0.29, 0.717) is 6.17 Å². The highest BCUT2D eigenvalue weighted by atomic mass is 15.4. The number of hydrogen-bond acceptors (Lipinski definition) is 2. The lowest BCUT2D eigenvalue weighted by molar-refractivity contribution is 0.137. The molecule has 0 saturated heterocycles. The van der Waals surface area contributed by atoms with Gasteiger partial charge in [-0.3, -0.25) is 0 Å². The molecule has 2 heteroatoms. The zero-order valence-corrected chi connectivity index (χ0v) is 21.2. The van der Waals surface area contributed by atoms with Crippen molar-refractivity contribution in [3.8, 4) is 0 Å². The largest absolute Gasteiger partial charge is 0.356 e. The molecule has 0 saturated carbocycles. The smallest absolute Gasteiger partial charge is 0.101 e. The number of rotatable bonds is 22. The van der Waals surface area contributed by atoms with Gasteiger partial charge in [0, 0.05) is 25.5 Å². The summed E-state index contributed by atoms with van der Waals surface area (Å²) in [6, 6.07) is 0. The fourth-order valence-electron chi connectivity index (χ4n) is 4.84. The van der Waals surface area contributed by atoms with Crippen molar-refractivity contribution >= 4 is 0 Å². The monoisotopic (exact) mass is 420 g/mol. The SMILES string of the molecule is CCCCCCCCCCCCCN1C=CN(CCC)C1CCCCCCCCC. The molecule has 0 radical (unpaired) electrons. The third-order valence-electron chi connectivity index (χ3n) is 6.78. The Labute approximate surface area is 190 Å². The molecule has 1 atom stereocenters.